The van der Waals surface area contributed by atoms with Crippen molar-refractivity contribution >= 4 is 23.0 Å². The van der Waals surface area contributed by atoms with Crippen LogP contribution < -0.4 is 10.2 Å². The van der Waals surface area contributed by atoms with Crippen LogP contribution in [0.25, 0.3) is 0 Å². The molecule has 7 nitrogen and oxygen atoms in total. The standard InChI is InChI=1S/C14H14N4O3/c1-15-10-3-8-13(16-9-10)14(19)17(2)11-4-6-12(7-5-11)18(20)21/h3-9,15H,1-2H3. The molecule has 0 saturated heterocycles. The van der Waals surface area contributed by atoms with Crippen LogP contribution in [-0.4, -0.2) is 29.9 Å². The lowest BCUT2D eigenvalue weighted by Gasteiger charge is -2.16. The van der Waals surface area contributed by atoms with Crippen LogP contribution in [0.1, 0.15) is 10.5 Å². The normalized spacial score (nSPS) is 10.0. The van der Waals surface area contributed by atoms with Crippen LogP contribution >= 0.6 is 0 Å². The van der Waals surface area contributed by atoms with E-state index in [0.29, 0.717) is 11.4 Å². The molecule has 0 spiro atoms. The van der Waals surface area contributed by atoms with E-state index in [9.17, 15) is 14.9 Å². The van der Waals surface area contributed by atoms with Gasteiger partial charge in [0.25, 0.3) is 11.6 Å². The largest absolute Gasteiger partial charge is 0.387 e. The number of nitrogens with zero attached hydrogens (tertiary/aromatic N) is 3. The maximum atomic E-state index is 12.3. The highest BCUT2D eigenvalue weighted by atomic mass is 16.6. The molecule has 1 aromatic heterocycles. The molecule has 7 heteroatoms. The Hall–Kier alpha value is -2.96. The van der Waals surface area contributed by atoms with Gasteiger partial charge in [0, 0.05) is 31.9 Å². The van der Waals surface area contributed by atoms with Crippen LogP contribution in [0.4, 0.5) is 17.1 Å². The van der Waals surface area contributed by atoms with Gasteiger partial charge in [0.2, 0.25) is 0 Å². The molecule has 1 amide bonds. The Balaban J connectivity index is 2.19. The molecule has 1 N–H and O–H groups in total. The quantitative estimate of drug-likeness (QED) is 0.688. The number of nitro benzene ring substituents is 1. The maximum absolute atomic E-state index is 12.3. The molecule has 0 bridgehead atoms. The van der Waals surface area contributed by atoms with Crippen LogP contribution in [-0.2, 0) is 0 Å². The fourth-order valence-corrected chi connectivity index (χ4v) is 1.76. The van der Waals surface area contributed by atoms with Gasteiger partial charge in [-0.25, -0.2) is 4.98 Å². The predicted octanol–water partition coefficient (Wildman–Crippen LogP) is 2.31. The van der Waals surface area contributed by atoms with Gasteiger partial charge in [-0.3, -0.25) is 14.9 Å². The van der Waals surface area contributed by atoms with Gasteiger partial charge in [-0.15, -0.1) is 0 Å². The number of nitro groups is 1. The monoisotopic (exact) mass is 286 g/mol. The summed E-state index contributed by atoms with van der Waals surface area (Å²) in [6.45, 7) is 0. The summed E-state index contributed by atoms with van der Waals surface area (Å²) in [6.07, 6.45) is 1.57. The van der Waals surface area contributed by atoms with Crippen LogP contribution in [0.3, 0.4) is 0 Å². The minimum atomic E-state index is -0.483. The predicted molar refractivity (Wildman–Crippen MR) is 79.6 cm³/mol. The van der Waals surface area contributed by atoms with Crippen molar-refractivity contribution in [3.05, 3.63) is 58.4 Å². The molecule has 0 radical (unpaired) electrons. The van der Waals surface area contributed by atoms with Crippen LogP contribution in [0, 0.1) is 10.1 Å². The molecule has 0 atom stereocenters. The molecule has 0 aliphatic rings. The molecule has 0 aliphatic heterocycles. The molecule has 21 heavy (non-hydrogen) atoms. The molecule has 0 fully saturated rings. The molecular weight excluding hydrogens is 272 g/mol. The van der Waals surface area contributed by atoms with Crippen molar-refractivity contribution in [2.24, 2.45) is 0 Å². The highest BCUT2D eigenvalue weighted by Gasteiger charge is 2.15. The Morgan fingerprint density at radius 3 is 2.38 bits per heavy atom. The van der Waals surface area contributed by atoms with Crippen molar-refractivity contribution in [1.29, 1.82) is 0 Å². The van der Waals surface area contributed by atoms with E-state index < -0.39 is 4.92 Å². The zero-order chi connectivity index (χ0) is 15.4. The number of benzene rings is 1. The molecular formula is C14H14N4O3. The molecule has 2 aromatic rings. The van der Waals surface area contributed by atoms with E-state index in [1.165, 1.54) is 29.2 Å². The average molecular weight is 286 g/mol. The number of hydrogen-bond acceptors (Lipinski definition) is 5. The van der Waals surface area contributed by atoms with Crippen molar-refractivity contribution in [3.63, 3.8) is 0 Å². The second-order valence-electron chi connectivity index (χ2n) is 4.32. The smallest absolute Gasteiger partial charge is 0.276 e. The summed E-state index contributed by atoms with van der Waals surface area (Å²) < 4.78 is 0. The Kier molecular flexibility index (Phi) is 4.13. The average Bonchev–Trinajstić information content (AvgIpc) is 2.53. The van der Waals surface area contributed by atoms with Gasteiger partial charge in [0.1, 0.15) is 5.69 Å². The topological polar surface area (TPSA) is 88.4 Å². The Morgan fingerprint density at radius 2 is 1.90 bits per heavy atom. The number of anilines is 2. The van der Waals surface area contributed by atoms with Crippen LogP contribution in [0.2, 0.25) is 0 Å². The summed E-state index contributed by atoms with van der Waals surface area (Å²) >= 11 is 0. The first-order chi connectivity index (χ1) is 10.0. The number of carbonyl (C=O) groups is 1. The minimum absolute atomic E-state index is 0.0175. The SMILES string of the molecule is CNc1ccc(C(=O)N(C)c2ccc([N+](=O)[O-])cc2)nc1. The lowest BCUT2D eigenvalue weighted by atomic mass is 10.2. The van der Waals surface area contributed by atoms with Gasteiger partial charge in [-0.05, 0) is 24.3 Å². The summed E-state index contributed by atoms with van der Waals surface area (Å²) in [4.78, 5) is 27.9. The van der Waals surface area contributed by atoms with Gasteiger partial charge in [0.05, 0.1) is 16.8 Å². The number of non-ortho nitro benzene ring substituents is 1. The zero-order valence-corrected chi connectivity index (χ0v) is 11.6. The molecule has 0 aliphatic carbocycles. The van der Waals surface area contributed by atoms with Crippen LogP contribution in [0.15, 0.2) is 42.6 Å². The molecule has 108 valence electrons. The Labute approximate surface area is 121 Å². The van der Waals surface area contributed by atoms with Gasteiger partial charge in [-0.1, -0.05) is 0 Å². The van der Waals surface area contributed by atoms with E-state index in [4.69, 9.17) is 0 Å². The van der Waals surface area contributed by atoms with Gasteiger partial charge in [0.15, 0.2) is 0 Å². The molecule has 1 aromatic carbocycles. The van der Waals surface area contributed by atoms with Crippen molar-refractivity contribution in [2.45, 2.75) is 0 Å². The molecule has 0 unspecified atom stereocenters. The summed E-state index contributed by atoms with van der Waals surface area (Å²) in [7, 11) is 3.36. The first-order valence-corrected chi connectivity index (χ1v) is 6.19. The summed E-state index contributed by atoms with van der Waals surface area (Å²) in [5.41, 5.74) is 1.65. The van der Waals surface area contributed by atoms with Crippen molar-refractivity contribution in [2.75, 3.05) is 24.3 Å². The van der Waals surface area contributed by atoms with Gasteiger partial charge < -0.3 is 10.2 Å². The van der Waals surface area contributed by atoms with Gasteiger partial charge in [-0.2, -0.15) is 0 Å². The second kappa shape index (κ2) is 6.00. The third kappa shape index (κ3) is 3.14. The van der Waals surface area contributed by atoms with Crippen molar-refractivity contribution in [3.8, 4) is 0 Å². The lowest BCUT2D eigenvalue weighted by molar-refractivity contribution is -0.384. The first-order valence-electron chi connectivity index (χ1n) is 6.19. The van der Waals surface area contributed by atoms with E-state index in [1.54, 1.807) is 32.4 Å². The first kappa shape index (κ1) is 14.4. The molecule has 0 saturated carbocycles. The summed E-state index contributed by atoms with van der Waals surface area (Å²) in [5, 5.41) is 13.5. The Morgan fingerprint density at radius 1 is 1.24 bits per heavy atom. The van der Waals surface area contributed by atoms with E-state index in [1.807, 2.05) is 0 Å². The van der Waals surface area contributed by atoms with E-state index in [0.717, 1.165) is 5.69 Å². The summed E-state index contributed by atoms with van der Waals surface area (Å²) in [6, 6.07) is 9.14. The number of pyridine rings is 1. The highest BCUT2D eigenvalue weighted by Crippen LogP contribution is 2.19. The number of carbonyl (C=O) groups excluding carboxylic acids is 1. The third-order valence-electron chi connectivity index (χ3n) is 3.02. The fourth-order valence-electron chi connectivity index (χ4n) is 1.76. The third-order valence-corrected chi connectivity index (χ3v) is 3.02. The minimum Gasteiger partial charge on any atom is -0.387 e. The lowest BCUT2D eigenvalue weighted by Crippen LogP contribution is -2.27. The van der Waals surface area contributed by atoms with E-state index >= 15 is 0 Å². The number of nitrogens with one attached hydrogen (secondary N) is 1. The highest BCUT2D eigenvalue weighted by molar-refractivity contribution is 6.04. The van der Waals surface area contributed by atoms with Crippen LogP contribution in [0.5, 0.6) is 0 Å². The van der Waals surface area contributed by atoms with Crippen molar-refractivity contribution in [1.82, 2.24) is 4.98 Å². The van der Waals surface area contributed by atoms with E-state index in [2.05, 4.69) is 10.3 Å². The number of hydrogen-bond donors (Lipinski definition) is 1. The number of amides is 1. The zero-order valence-electron chi connectivity index (χ0n) is 11.6. The summed E-state index contributed by atoms with van der Waals surface area (Å²) in [5.74, 6) is -0.286. The molecule has 1 heterocycles. The fraction of sp³-hybridized carbons (Fsp3) is 0.143. The van der Waals surface area contributed by atoms with E-state index in [-0.39, 0.29) is 11.6 Å². The second-order valence-corrected chi connectivity index (χ2v) is 4.32. The number of rotatable bonds is 4. The van der Waals surface area contributed by atoms with Crippen molar-refractivity contribution < 1.29 is 9.72 Å². The maximum Gasteiger partial charge on any atom is 0.276 e. The number of aromatic nitrogens is 1. The van der Waals surface area contributed by atoms with Gasteiger partial charge >= 0.3 is 0 Å². The Bertz CT molecular complexity index is 653. The molecule has 2 rings (SSSR count).